The van der Waals surface area contributed by atoms with Crippen molar-refractivity contribution in [3.8, 4) is 67.5 Å². The first kappa shape index (κ1) is 27.6. The van der Waals surface area contributed by atoms with Crippen LogP contribution in [-0.2, 0) is 5.41 Å². The largest absolute Gasteiger partial charge is 0.208 e. The molecule has 0 unspecified atom stereocenters. The molecule has 0 saturated heterocycles. The molecular weight excluding hydrogens is 571 g/mol. The Morgan fingerprint density at radius 3 is 1.36 bits per heavy atom. The Labute approximate surface area is 275 Å². The number of aromatic nitrogens is 3. The van der Waals surface area contributed by atoms with E-state index in [-0.39, 0.29) is 5.41 Å². The molecule has 0 radical (unpaired) electrons. The van der Waals surface area contributed by atoms with E-state index in [9.17, 15) is 0 Å². The third-order valence-electron chi connectivity index (χ3n) is 10.1. The molecule has 1 heterocycles. The predicted octanol–water partition coefficient (Wildman–Crippen LogP) is 11.0. The molecule has 1 aromatic heterocycles. The van der Waals surface area contributed by atoms with Gasteiger partial charge in [-0.2, -0.15) is 0 Å². The maximum absolute atomic E-state index is 5.18. The summed E-state index contributed by atoms with van der Waals surface area (Å²) in [5, 5.41) is 0. The van der Waals surface area contributed by atoms with Crippen LogP contribution in [0.4, 0.5) is 0 Å². The van der Waals surface area contributed by atoms with Crippen LogP contribution < -0.4 is 0 Å². The topological polar surface area (TPSA) is 38.7 Å². The van der Waals surface area contributed by atoms with Gasteiger partial charge < -0.3 is 0 Å². The van der Waals surface area contributed by atoms with Crippen LogP contribution in [0.3, 0.4) is 0 Å². The van der Waals surface area contributed by atoms with Crippen LogP contribution in [0.25, 0.3) is 67.5 Å². The molecule has 47 heavy (non-hydrogen) atoms. The van der Waals surface area contributed by atoms with E-state index in [4.69, 9.17) is 15.0 Å². The lowest BCUT2D eigenvalue weighted by molar-refractivity contribution is 0.550. The van der Waals surface area contributed by atoms with Crippen LogP contribution in [0.1, 0.15) is 36.8 Å². The molecule has 7 aromatic rings. The Morgan fingerprint density at radius 1 is 0.340 bits per heavy atom. The van der Waals surface area contributed by atoms with Crippen molar-refractivity contribution in [1.82, 2.24) is 15.0 Å². The molecular formula is C44H33N3. The zero-order valence-electron chi connectivity index (χ0n) is 26.1. The molecule has 9 rings (SSSR count). The summed E-state index contributed by atoms with van der Waals surface area (Å²) in [5.41, 5.74) is 13.3. The van der Waals surface area contributed by atoms with Gasteiger partial charge in [-0.3, -0.25) is 0 Å². The van der Waals surface area contributed by atoms with E-state index < -0.39 is 0 Å². The molecule has 224 valence electrons. The van der Waals surface area contributed by atoms with E-state index in [1.54, 1.807) is 0 Å². The Bertz CT molecular complexity index is 2150. The Kier molecular flexibility index (Phi) is 6.64. The SMILES string of the molecule is c1ccc(-c2cccc(-c3nc(-c4cccc(-c5ccccc5)c4)nc(-c4ccc5c(c4)C4(CCCC4)c4ccccc4-5)n3)c2)cc1. The Balaban J connectivity index is 1.22. The van der Waals surface area contributed by atoms with E-state index in [1.165, 1.54) is 59.1 Å². The number of hydrogen-bond acceptors (Lipinski definition) is 3. The monoisotopic (exact) mass is 603 g/mol. The molecule has 0 aliphatic heterocycles. The molecule has 2 aliphatic rings. The van der Waals surface area contributed by atoms with Gasteiger partial charge in [-0.05, 0) is 75.5 Å². The summed E-state index contributed by atoms with van der Waals surface area (Å²) in [6, 6.07) is 53.9. The maximum Gasteiger partial charge on any atom is 0.164 e. The Morgan fingerprint density at radius 2 is 0.787 bits per heavy atom. The molecule has 1 saturated carbocycles. The average Bonchev–Trinajstić information content (AvgIpc) is 3.76. The van der Waals surface area contributed by atoms with Crippen LogP contribution in [0.5, 0.6) is 0 Å². The lowest BCUT2D eigenvalue weighted by Gasteiger charge is -2.26. The van der Waals surface area contributed by atoms with Gasteiger partial charge >= 0.3 is 0 Å². The van der Waals surface area contributed by atoms with Gasteiger partial charge in [0, 0.05) is 22.1 Å². The molecule has 0 atom stereocenters. The lowest BCUT2D eigenvalue weighted by Crippen LogP contribution is -2.20. The highest BCUT2D eigenvalue weighted by molar-refractivity contribution is 5.84. The number of benzene rings is 6. The van der Waals surface area contributed by atoms with Gasteiger partial charge in [0.2, 0.25) is 0 Å². The van der Waals surface area contributed by atoms with Gasteiger partial charge in [0.15, 0.2) is 17.5 Å². The summed E-state index contributed by atoms with van der Waals surface area (Å²) in [7, 11) is 0. The van der Waals surface area contributed by atoms with Crippen molar-refractivity contribution < 1.29 is 0 Å². The third-order valence-corrected chi connectivity index (χ3v) is 10.1. The quantitative estimate of drug-likeness (QED) is 0.196. The highest BCUT2D eigenvalue weighted by Gasteiger charge is 2.44. The van der Waals surface area contributed by atoms with Crippen molar-refractivity contribution in [2.45, 2.75) is 31.1 Å². The highest BCUT2D eigenvalue weighted by atomic mass is 15.0. The number of nitrogens with zero attached hydrogens (tertiary/aromatic N) is 3. The summed E-state index contributed by atoms with van der Waals surface area (Å²) in [6.07, 6.45) is 4.89. The zero-order chi connectivity index (χ0) is 31.2. The molecule has 1 fully saturated rings. The fourth-order valence-electron chi connectivity index (χ4n) is 7.81. The fourth-order valence-corrected chi connectivity index (χ4v) is 7.81. The second kappa shape index (κ2) is 11.3. The van der Waals surface area contributed by atoms with E-state index in [0.29, 0.717) is 17.5 Å². The van der Waals surface area contributed by atoms with Crippen molar-refractivity contribution >= 4 is 0 Å². The number of hydrogen-bond donors (Lipinski definition) is 0. The first-order valence-electron chi connectivity index (χ1n) is 16.6. The van der Waals surface area contributed by atoms with Crippen LogP contribution in [0.15, 0.2) is 152 Å². The van der Waals surface area contributed by atoms with E-state index in [0.717, 1.165) is 27.8 Å². The van der Waals surface area contributed by atoms with Crippen LogP contribution in [0.2, 0.25) is 0 Å². The van der Waals surface area contributed by atoms with Gasteiger partial charge in [0.05, 0.1) is 0 Å². The van der Waals surface area contributed by atoms with Crippen LogP contribution in [-0.4, -0.2) is 15.0 Å². The fraction of sp³-hybridized carbons (Fsp3) is 0.114. The van der Waals surface area contributed by atoms with Crippen molar-refractivity contribution in [2.24, 2.45) is 0 Å². The minimum Gasteiger partial charge on any atom is -0.208 e. The molecule has 6 aromatic carbocycles. The standard InChI is InChI=1S/C44H33N3/c1-3-13-30(14-4-1)32-17-11-19-34(27-32)41-45-42(35-20-12-18-33(28-35)31-15-5-2-6-16-31)47-43(46-41)36-23-24-38-37-21-7-8-22-39(37)44(40(38)29-36)25-9-10-26-44/h1-8,11-24,27-29H,9-10,25-26H2. The molecule has 3 heteroatoms. The van der Waals surface area contributed by atoms with Gasteiger partial charge in [-0.25, -0.2) is 15.0 Å². The number of rotatable bonds is 5. The van der Waals surface area contributed by atoms with E-state index >= 15 is 0 Å². The average molecular weight is 604 g/mol. The lowest BCUT2D eigenvalue weighted by atomic mass is 9.76. The molecule has 0 amide bonds. The highest BCUT2D eigenvalue weighted by Crippen LogP contribution is 2.57. The second-order valence-electron chi connectivity index (χ2n) is 12.8. The second-order valence-corrected chi connectivity index (χ2v) is 12.8. The normalized spacial score (nSPS) is 14.2. The van der Waals surface area contributed by atoms with Crippen molar-refractivity contribution in [3.05, 3.63) is 163 Å². The van der Waals surface area contributed by atoms with Gasteiger partial charge in [0.25, 0.3) is 0 Å². The van der Waals surface area contributed by atoms with E-state index in [2.05, 4.69) is 140 Å². The molecule has 0 N–H and O–H groups in total. The predicted molar refractivity (Wildman–Crippen MR) is 192 cm³/mol. The van der Waals surface area contributed by atoms with Gasteiger partial charge in [-0.15, -0.1) is 0 Å². The van der Waals surface area contributed by atoms with Crippen molar-refractivity contribution in [1.29, 1.82) is 0 Å². The first-order valence-corrected chi connectivity index (χ1v) is 16.6. The summed E-state index contributed by atoms with van der Waals surface area (Å²) < 4.78 is 0. The summed E-state index contributed by atoms with van der Waals surface area (Å²) >= 11 is 0. The number of fused-ring (bicyclic) bond motifs is 5. The van der Waals surface area contributed by atoms with Crippen LogP contribution >= 0.6 is 0 Å². The minimum atomic E-state index is 0.0780. The summed E-state index contributed by atoms with van der Waals surface area (Å²) in [5.74, 6) is 2.05. The van der Waals surface area contributed by atoms with Crippen molar-refractivity contribution in [3.63, 3.8) is 0 Å². The van der Waals surface area contributed by atoms with Gasteiger partial charge in [-0.1, -0.05) is 146 Å². The summed E-state index contributed by atoms with van der Waals surface area (Å²) in [4.78, 5) is 15.5. The van der Waals surface area contributed by atoms with Crippen molar-refractivity contribution in [2.75, 3.05) is 0 Å². The van der Waals surface area contributed by atoms with E-state index in [1.807, 2.05) is 12.1 Å². The molecule has 3 nitrogen and oxygen atoms in total. The minimum absolute atomic E-state index is 0.0780. The zero-order valence-corrected chi connectivity index (χ0v) is 26.1. The van der Waals surface area contributed by atoms with Crippen LogP contribution in [0, 0.1) is 0 Å². The summed E-state index contributed by atoms with van der Waals surface area (Å²) in [6.45, 7) is 0. The Hall–Kier alpha value is -5.67. The third kappa shape index (κ3) is 4.78. The maximum atomic E-state index is 5.18. The molecule has 0 bridgehead atoms. The first-order chi connectivity index (χ1) is 23.2. The molecule has 1 spiro atoms. The van der Waals surface area contributed by atoms with Gasteiger partial charge in [0.1, 0.15) is 0 Å². The molecule has 2 aliphatic carbocycles. The smallest absolute Gasteiger partial charge is 0.164 e.